The van der Waals surface area contributed by atoms with Gasteiger partial charge in [0.2, 0.25) is 0 Å². The number of hydrogen-bond donors (Lipinski definition) is 3. The van der Waals surface area contributed by atoms with Crippen LogP contribution in [0.2, 0.25) is 0 Å². The van der Waals surface area contributed by atoms with Crippen LogP contribution in [0.25, 0.3) is 0 Å². The van der Waals surface area contributed by atoms with Crippen LogP contribution < -0.4 is 16.2 Å². The van der Waals surface area contributed by atoms with E-state index in [1.807, 2.05) is 6.92 Å². The van der Waals surface area contributed by atoms with E-state index in [0.717, 1.165) is 25.3 Å². The summed E-state index contributed by atoms with van der Waals surface area (Å²) in [6.45, 7) is 8.42. The van der Waals surface area contributed by atoms with Crippen LogP contribution in [0.5, 0.6) is 0 Å². The Morgan fingerprint density at radius 3 is 3.00 bits per heavy atom. The maximum atomic E-state index is 11.5. The van der Waals surface area contributed by atoms with Crippen molar-refractivity contribution in [2.24, 2.45) is 5.41 Å². The number of nitrogens with zero attached hydrogens (tertiary/aromatic N) is 1. The molecule has 5 heteroatoms. The molecule has 1 aliphatic heterocycles. The van der Waals surface area contributed by atoms with E-state index in [2.05, 4.69) is 34.4 Å². The van der Waals surface area contributed by atoms with Crippen molar-refractivity contribution < 1.29 is 0 Å². The molecular formula is C14H24N4O. The highest BCUT2D eigenvalue weighted by atomic mass is 16.1. The molecule has 106 valence electrons. The van der Waals surface area contributed by atoms with Crippen molar-refractivity contribution in [3.05, 3.63) is 22.2 Å². The molecule has 0 spiro atoms. The van der Waals surface area contributed by atoms with Gasteiger partial charge in [0.25, 0.3) is 5.56 Å². The number of hydrogen-bond acceptors (Lipinski definition) is 4. The Balaban J connectivity index is 2.02. The van der Waals surface area contributed by atoms with Crippen LogP contribution in [0.4, 0.5) is 5.82 Å². The number of aromatic amines is 1. The van der Waals surface area contributed by atoms with Crippen LogP contribution in [-0.2, 0) is 6.42 Å². The zero-order valence-electron chi connectivity index (χ0n) is 12.0. The van der Waals surface area contributed by atoms with Crippen LogP contribution in [0.1, 0.15) is 39.4 Å². The minimum absolute atomic E-state index is 0.0924. The van der Waals surface area contributed by atoms with Gasteiger partial charge in [0, 0.05) is 25.1 Å². The zero-order chi connectivity index (χ0) is 13.9. The van der Waals surface area contributed by atoms with Gasteiger partial charge in [-0.15, -0.1) is 0 Å². The standard InChI is InChI=1S/C14H24N4O/c1-4-11-17-12(8-13(19)18-11)16-9-10-14(2,3)6-5-7-15-10/h8,10,15H,4-7,9H2,1-3H3,(H2,16,17,18,19). The van der Waals surface area contributed by atoms with Gasteiger partial charge in [-0.05, 0) is 24.8 Å². The SMILES string of the molecule is CCc1nc(NCC2NCCCC2(C)C)cc(=O)[nH]1. The highest BCUT2D eigenvalue weighted by Gasteiger charge is 2.31. The molecule has 3 N–H and O–H groups in total. The number of rotatable bonds is 4. The summed E-state index contributed by atoms with van der Waals surface area (Å²) in [7, 11) is 0. The summed E-state index contributed by atoms with van der Waals surface area (Å²) in [5.74, 6) is 1.40. The van der Waals surface area contributed by atoms with E-state index in [9.17, 15) is 4.79 Å². The summed E-state index contributed by atoms with van der Waals surface area (Å²) in [4.78, 5) is 18.6. The molecule has 1 saturated heterocycles. The molecule has 1 fully saturated rings. The maximum Gasteiger partial charge on any atom is 0.252 e. The first kappa shape index (κ1) is 14.1. The second kappa shape index (κ2) is 5.74. The van der Waals surface area contributed by atoms with Crippen LogP contribution in [-0.4, -0.2) is 29.1 Å². The lowest BCUT2D eigenvalue weighted by molar-refractivity contribution is 0.188. The summed E-state index contributed by atoms with van der Waals surface area (Å²) < 4.78 is 0. The third-order valence-electron chi connectivity index (χ3n) is 3.94. The maximum absolute atomic E-state index is 11.5. The molecule has 19 heavy (non-hydrogen) atoms. The van der Waals surface area contributed by atoms with Gasteiger partial charge in [-0.3, -0.25) is 4.79 Å². The largest absolute Gasteiger partial charge is 0.368 e. The number of H-pyrrole nitrogens is 1. The number of piperidine rings is 1. The molecule has 0 bridgehead atoms. The lowest BCUT2D eigenvalue weighted by atomic mass is 9.77. The third kappa shape index (κ3) is 3.56. The average Bonchev–Trinajstić information content (AvgIpc) is 2.36. The summed E-state index contributed by atoms with van der Waals surface area (Å²) in [6, 6.07) is 1.93. The first-order valence-corrected chi connectivity index (χ1v) is 7.09. The van der Waals surface area contributed by atoms with Crippen molar-refractivity contribution in [2.75, 3.05) is 18.4 Å². The van der Waals surface area contributed by atoms with Crippen molar-refractivity contribution >= 4 is 5.82 Å². The van der Waals surface area contributed by atoms with Crippen molar-refractivity contribution in [1.82, 2.24) is 15.3 Å². The Hall–Kier alpha value is -1.36. The second-order valence-electron chi connectivity index (χ2n) is 5.91. The smallest absolute Gasteiger partial charge is 0.252 e. The lowest BCUT2D eigenvalue weighted by Crippen LogP contribution is -2.50. The lowest BCUT2D eigenvalue weighted by Gasteiger charge is -2.39. The molecule has 0 aromatic carbocycles. The Morgan fingerprint density at radius 1 is 1.53 bits per heavy atom. The van der Waals surface area contributed by atoms with Crippen LogP contribution >= 0.6 is 0 Å². The van der Waals surface area contributed by atoms with Crippen LogP contribution in [0, 0.1) is 5.41 Å². The van der Waals surface area contributed by atoms with E-state index >= 15 is 0 Å². The van der Waals surface area contributed by atoms with Crippen molar-refractivity contribution in [2.45, 2.75) is 46.1 Å². The van der Waals surface area contributed by atoms with E-state index in [4.69, 9.17) is 0 Å². The molecular weight excluding hydrogens is 240 g/mol. The quantitative estimate of drug-likeness (QED) is 0.771. The fourth-order valence-corrected chi connectivity index (χ4v) is 2.59. The van der Waals surface area contributed by atoms with Crippen LogP contribution in [0.15, 0.2) is 10.9 Å². The summed E-state index contributed by atoms with van der Waals surface area (Å²) in [5, 5.41) is 6.84. The number of aryl methyl sites for hydroxylation is 1. The first-order valence-electron chi connectivity index (χ1n) is 7.09. The molecule has 2 heterocycles. The molecule has 1 atom stereocenters. The Morgan fingerprint density at radius 2 is 2.32 bits per heavy atom. The predicted molar refractivity (Wildman–Crippen MR) is 77.5 cm³/mol. The van der Waals surface area contributed by atoms with Gasteiger partial charge in [-0.1, -0.05) is 20.8 Å². The van der Waals surface area contributed by atoms with Gasteiger partial charge in [0.1, 0.15) is 11.6 Å². The number of aromatic nitrogens is 2. The molecule has 0 amide bonds. The van der Waals surface area contributed by atoms with Gasteiger partial charge in [0.15, 0.2) is 0 Å². The number of nitrogens with one attached hydrogen (secondary N) is 3. The zero-order valence-corrected chi connectivity index (χ0v) is 12.0. The fraction of sp³-hybridized carbons (Fsp3) is 0.714. The van der Waals surface area contributed by atoms with Gasteiger partial charge >= 0.3 is 0 Å². The van der Waals surface area contributed by atoms with Gasteiger partial charge in [-0.2, -0.15) is 0 Å². The monoisotopic (exact) mass is 264 g/mol. The van der Waals surface area contributed by atoms with Crippen LogP contribution in [0.3, 0.4) is 0 Å². The molecule has 2 rings (SSSR count). The summed E-state index contributed by atoms with van der Waals surface area (Å²) in [6.07, 6.45) is 3.19. The van der Waals surface area contributed by atoms with E-state index < -0.39 is 0 Å². The average molecular weight is 264 g/mol. The molecule has 1 aromatic heterocycles. The first-order chi connectivity index (χ1) is 9.01. The summed E-state index contributed by atoms with van der Waals surface area (Å²) >= 11 is 0. The molecule has 0 saturated carbocycles. The Bertz CT molecular complexity index is 481. The van der Waals surface area contributed by atoms with E-state index in [1.165, 1.54) is 18.9 Å². The second-order valence-corrected chi connectivity index (χ2v) is 5.91. The molecule has 0 aliphatic carbocycles. The van der Waals surface area contributed by atoms with Gasteiger partial charge in [0.05, 0.1) is 0 Å². The van der Waals surface area contributed by atoms with E-state index in [-0.39, 0.29) is 11.0 Å². The third-order valence-corrected chi connectivity index (χ3v) is 3.94. The highest BCUT2D eigenvalue weighted by Crippen LogP contribution is 2.29. The number of anilines is 1. The van der Waals surface area contributed by atoms with E-state index in [1.54, 1.807) is 0 Å². The molecule has 1 unspecified atom stereocenters. The molecule has 1 aliphatic rings. The van der Waals surface area contributed by atoms with Crippen molar-refractivity contribution in [3.63, 3.8) is 0 Å². The van der Waals surface area contributed by atoms with Gasteiger partial charge in [-0.25, -0.2) is 4.98 Å². The molecule has 1 aromatic rings. The minimum Gasteiger partial charge on any atom is -0.368 e. The predicted octanol–water partition coefficient (Wildman–Crippen LogP) is 1.52. The molecule has 0 radical (unpaired) electrons. The van der Waals surface area contributed by atoms with Gasteiger partial charge < -0.3 is 15.6 Å². The highest BCUT2D eigenvalue weighted by molar-refractivity contribution is 5.33. The summed E-state index contributed by atoms with van der Waals surface area (Å²) in [5.41, 5.74) is 0.185. The van der Waals surface area contributed by atoms with Crippen molar-refractivity contribution in [3.8, 4) is 0 Å². The minimum atomic E-state index is -0.0924. The Labute approximate surface area is 114 Å². The molecule has 5 nitrogen and oxygen atoms in total. The van der Waals surface area contributed by atoms with Crippen molar-refractivity contribution in [1.29, 1.82) is 0 Å². The fourth-order valence-electron chi connectivity index (χ4n) is 2.59. The normalized spacial score (nSPS) is 22.2. The Kier molecular flexibility index (Phi) is 4.24. The van der Waals surface area contributed by atoms with E-state index in [0.29, 0.717) is 11.9 Å². The topological polar surface area (TPSA) is 69.8 Å².